The Morgan fingerprint density at radius 3 is 2.24 bits per heavy atom. The van der Waals surface area contributed by atoms with Crippen molar-refractivity contribution in [1.82, 2.24) is 0 Å². The molecule has 6 nitrogen and oxygen atoms in total. The maximum atomic E-state index is 10.4. The number of benzene rings is 2. The molecule has 2 aliphatic rings. The van der Waals surface area contributed by atoms with Gasteiger partial charge in [0.25, 0.3) is 0 Å². The molecule has 156 valence electrons. The Labute approximate surface area is 171 Å². The predicted molar refractivity (Wildman–Crippen MR) is 106 cm³/mol. The molecule has 0 radical (unpaired) electrons. The maximum Gasteiger partial charge on any atom is 0.184 e. The van der Waals surface area contributed by atoms with Crippen molar-refractivity contribution in [1.29, 1.82) is 0 Å². The number of rotatable bonds is 5. The standard InChI is InChI=1S/C23H28O6/c1-3-15-6-10-16(11-7-15)22-26-13-19-21(29-22)20(18(25)12-24)28-23(27-19)17-8-4-14(2)5-9-17/h4-11,18-25H,3,12-13H2,1-2H3/t18-,19+,20-,21-,22?,23?/m1/s1. The first-order valence-corrected chi connectivity index (χ1v) is 10.1. The lowest BCUT2D eigenvalue weighted by atomic mass is 9.99. The lowest BCUT2D eigenvalue weighted by Gasteiger charge is -2.47. The summed E-state index contributed by atoms with van der Waals surface area (Å²) < 4.78 is 24.2. The number of fused-ring (bicyclic) bond motifs is 1. The molecule has 0 spiro atoms. The number of hydrogen-bond acceptors (Lipinski definition) is 6. The van der Waals surface area contributed by atoms with Crippen LogP contribution in [0.25, 0.3) is 0 Å². The molecule has 6 atom stereocenters. The van der Waals surface area contributed by atoms with Crippen LogP contribution in [-0.4, -0.2) is 47.8 Å². The highest BCUT2D eigenvalue weighted by atomic mass is 16.8. The van der Waals surface area contributed by atoms with E-state index >= 15 is 0 Å². The Balaban J connectivity index is 1.53. The monoisotopic (exact) mass is 400 g/mol. The van der Waals surface area contributed by atoms with E-state index in [0.717, 1.165) is 23.1 Å². The molecule has 2 N–H and O–H groups in total. The van der Waals surface area contributed by atoms with Crippen LogP contribution in [0.15, 0.2) is 48.5 Å². The van der Waals surface area contributed by atoms with Crippen LogP contribution in [0.4, 0.5) is 0 Å². The van der Waals surface area contributed by atoms with Crippen molar-refractivity contribution in [3.05, 3.63) is 70.8 Å². The number of aliphatic hydroxyl groups is 2. The van der Waals surface area contributed by atoms with Gasteiger partial charge in [-0.1, -0.05) is 61.0 Å². The molecule has 2 aliphatic heterocycles. The van der Waals surface area contributed by atoms with Crippen molar-refractivity contribution < 1.29 is 29.2 Å². The zero-order valence-corrected chi connectivity index (χ0v) is 16.7. The largest absolute Gasteiger partial charge is 0.394 e. The van der Waals surface area contributed by atoms with Crippen LogP contribution in [0, 0.1) is 6.92 Å². The van der Waals surface area contributed by atoms with Crippen LogP contribution < -0.4 is 0 Å². The van der Waals surface area contributed by atoms with E-state index in [-0.39, 0.29) is 0 Å². The highest BCUT2D eigenvalue weighted by molar-refractivity contribution is 5.24. The number of ether oxygens (including phenoxy) is 4. The molecule has 6 heteroatoms. The van der Waals surface area contributed by atoms with Crippen molar-refractivity contribution in [2.24, 2.45) is 0 Å². The minimum atomic E-state index is -1.08. The molecule has 29 heavy (non-hydrogen) atoms. The summed E-state index contributed by atoms with van der Waals surface area (Å²) >= 11 is 0. The predicted octanol–water partition coefficient (Wildman–Crippen LogP) is 2.81. The van der Waals surface area contributed by atoms with Crippen molar-refractivity contribution in [2.45, 2.75) is 57.3 Å². The topological polar surface area (TPSA) is 77.4 Å². The summed E-state index contributed by atoms with van der Waals surface area (Å²) in [6, 6.07) is 15.9. The van der Waals surface area contributed by atoms with E-state index in [9.17, 15) is 10.2 Å². The fraction of sp³-hybridized carbons (Fsp3) is 0.478. The first kappa shape index (κ1) is 20.5. The normalized spacial score (nSPS) is 30.6. The molecule has 2 fully saturated rings. The molecule has 2 heterocycles. The summed E-state index contributed by atoms with van der Waals surface area (Å²) in [5, 5.41) is 20.0. The Kier molecular flexibility index (Phi) is 6.29. The summed E-state index contributed by atoms with van der Waals surface area (Å²) in [4.78, 5) is 0. The van der Waals surface area contributed by atoms with Gasteiger partial charge >= 0.3 is 0 Å². The van der Waals surface area contributed by atoms with Crippen LogP contribution in [0.1, 0.15) is 41.8 Å². The van der Waals surface area contributed by atoms with Gasteiger partial charge in [0, 0.05) is 11.1 Å². The van der Waals surface area contributed by atoms with Gasteiger partial charge in [-0.25, -0.2) is 0 Å². The van der Waals surface area contributed by atoms with E-state index in [1.54, 1.807) is 0 Å². The highest BCUT2D eigenvalue weighted by Crippen LogP contribution is 2.39. The first-order chi connectivity index (χ1) is 14.1. The molecular formula is C23H28O6. The van der Waals surface area contributed by atoms with Crippen LogP contribution in [-0.2, 0) is 25.4 Å². The van der Waals surface area contributed by atoms with Gasteiger partial charge in [-0.15, -0.1) is 0 Å². The Bertz CT molecular complexity index is 790. The molecule has 2 saturated heterocycles. The van der Waals surface area contributed by atoms with Crippen molar-refractivity contribution in [3.63, 3.8) is 0 Å². The van der Waals surface area contributed by atoms with Gasteiger partial charge in [-0.2, -0.15) is 0 Å². The maximum absolute atomic E-state index is 10.4. The molecular weight excluding hydrogens is 372 g/mol. The van der Waals surface area contributed by atoms with Gasteiger partial charge in [0.1, 0.15) is 24.4 Å². The van der Waals surface area contributed by atoms with E-state index in [2.05, 4.69) is 19.1 Å². The summed E-state index contributed by atoms with van der Waals surface area (Å²) in [5.74, 6) is 0. The molecule has 2 aromatic carbocycles. The minimum absolute atomic E-state index is 0.311. The third-order valence-corrected chi connectivity index (χ3v) is 5.54. The molecule has 0 saturated carbocycles. The lowest BCUT2D eigenvalue weighted by molar-refractivity contribution is -0.373. The fourth-order valence-corrected chi connectivity index (χ4v) is 3.74. The lowest BCUT2D eigenvalue weighted by Crippen LogP contribution is -2.58. The van der Waals surface area contributed by atoms with Gasteiger partial charge < -0.3 is 29.2 Å². The van der Waals surface area contributed by atoms with Gasteiger partial charge in [0.2, 0.25) is 0 Å². The third kappa shape index (κ3) is 4.38. The average molecular weight is 400 g/mol. The first-order valence-electron chi connectivity index (χ1n) is 10.1. The quantitative estimate of drug-likeness (QED) is 0.804. The van der Waals surface area contributed by atoms with Gasteiger partial charge in [0.15, 0.2) is 12.6 Å². The summed E-state index contributed by atoms with van der Waals surface area (Å²) in [7, 11) is 0. The fourth-order valence-electron chi connectivity index (χ4n) is 3.74. The van der Waals surface area contributed by atoms with E-state index < -0.39 is 43.6 Å². The average Bonchev–Trinajstić information content (AvgIpc) is 2.78. The van der Waals surface area contributed by atoms with E-state index in [4.69, 9.17) is 18.9 Å². The minimum Gasteiger partial charge on any atom is -0.394 e. The molecule has 0 amide bonds. The van der Waals surface area contributed by atoms with E-state index in [0.29, 0.717) is 6.61 Å². The van der Waals surface area contributed by atoms with Gasteiger partial charge in [-0.05, 0) is 18.9 Å². The van der Waals surface area contributed by atoms with Crippen LogP contribution in [0.2, 0.25) is 0 Å². The summed E-state index contributed by atoms with van der Waals surface area (Å²) in [6.07, 6.45) is -3.04. The Morgan fingerprint density at radius 2 is 1.59 bits per heavy atom. The van der Waals surface area contributed by atoms with Gasteiger partial charge in [0.05, 0.1) is 13.2 Å². The summed E-state index contributed by atoms with van der Waals surface area (Å²) in [5.41, 5.74) is 4.12. The Morgan fingerprint density at radius 1 is 0.931 bits per heavy atom. The number of hydrogen-bond donors (Lipinski definition) is 2. The molecule has 4 rings (SSSR count). The smallest absolute Gasteiger partial charge is 0.184 e. The molecule has 0 bridgehead atoms. The van der Waals surface area contributed by atoms with Crippen LogP contribution in [0.5, 0.6) is 0 Å². The number of aryl methyl sites for hydroxylation is 2. The number of aliphatic hydroxyl groups excluding tert-OH is 2. The SMILES string of the molecule is CCc1ccc(C2OC[C@@H]3OC(c4ccc(C)cc4)O[C@H]([C@H](O)CO)[C@@H]3O2)cc1. The molecule has 2 aromatic rings. The Hall–Kier alpha value is -1.80. The second kappa shape index (κ2) is 8.92. The second-order valence-corrected chi connectivity index (χ2v) is 7.63. The zero-order chi connectivity index (χ0) is 20.4. The van der Waals surface area contributed by atoms with Crippen molar-refractivity contribution >= 4 is 0 Å². The summed E-state index contributed by atoms with van der Waals surface area (Å²) in [6.45, 7) is 4.01. The zero-order valence-electron chi connectivity index (χ0n) is 16.7. The molecule has 0 aliphatic carbocycles. The van der Waals surface area contributed by atoms with Crippen LogP contribution >= 0.6 is 0 Å². The van der Waals surface area contributed by atoms with Gasteiger partial charge in [-0.3, -0.25) is 0 Å². The van der Waals surface area contributed by atoms with Crippen molar-refractivity contribution in [3.8, 4) is 0 Å². The van der Waals surface area contributed by atoms with E-state index in [1.807, 2.05) is 43.3 Å². The van der Waals surface area contributed by atoms with Crippen molar-refractivity contribution in [2.75, 3.05) is 13.2 Å². The third-order valence-electron chi connectivity index (χ3n) is 5.54. The molecule has 0 aromatic heterocycles. The van der Waals surface area contributed by atoms with Crippen LogP contribution in [0.3, 0.4) is 0 Å². The van der Waals surface area contributed by atoms with E-state index in [1.165, 1.54) is 5.56 Å². The highest BCUT2D eigenvalue weighted by Gasteiger charge is 2.48. The second-order valence-electron chi connectivity index (χ2n) is 7.63. The molecule has 2 unspecified atom stereocenters.